The summed E-state index contributed by atoms with van der Waals surface area (Å²) in [7, 11) is 0. The number of rotatable bonds is 5. The van der Waals surface area contributed by atoms with Crippen LogP contribution in [0.3, 0.4) is 0 Å². The molecule has 8 nitrogen and oxygen atoms in total. The average Bonchev–Trinajstić information content (AvgIpc) is 3.34. The van der Waals surface area contributed by atoms with Crippen molar-refractivity contribution in [1.29, 1.82) is 0 Å². The minimum atomic E-state index is -0.361. The number of H-pyrrole nitrogens is 1. The van der Waals surface area contributed by atoms with Crippen LogP contribution in [0.15, 0.2) is 48.5 Å². The van der Waals surface area contributed by atoms with Gasteiger partial charge in [-0.15, -0.1) is 5.10 Å². The summed E-state index contributed by atoms with van der Waals surface area (Å²) in [6.07, 6.45) is 0. The average molecular weight is 401 g/mol. The molecule has 8 heteroatoms. The molecule has 4 aromatic rings. The van der Waals surface area contributed by atoms with Crippen molar-refractivity contribution in [1.82, 2.24) is 29.9 Å². The standard InChI is InChI=1S/C22H23N7O/c1-13(2)18-7-5-6-8-19(18)29-15(4)24-21(28-29)22(30)25-17-11-9-16(10-12-17)20-23-14(3)26-27-20/h5-13H,1-4H3,(H,25,30)(H,23,26,27). The van der Waals surface area contributed by atoms with Gasteiger partial charge in [0.25, 0.3) is 5.91 Å². The molecule has 0 spiro atoms. The lowest BCUT2D eigenvalue weighted by Gasteiger charge is -2.12. The van der Waals surface area contributed by atoms with Crippen LogP contribution < -0.4 is 5.32 Å². The number of aryl methyl sites for hydroxylation is 2. The molecule has 2 heterocycles. The molecule has 0 bridgehead atoms. The number of nitrogens with zero attached hydrogens (tertiary/aromatic N) is 5. The lowest BCUT2D eigenvalue weighted by atomic mass is 10.0. The van der Waals surface area contributed by atoms with Gasteiger partial charge in [-0.3, -0.25) is 9.89 Å². The van der Waals surface area contributed by atoms with Crippen molar-refractivity contribution >= 4 is 11.6 Å². The molecule has 0 aliphatic heterocycles. The topological polar surface area (TPSA) is 101 Å². The zero-order valence-corrected chi connectivity index (χ0v) is 17.3. The first kappa shape index (κ1) is 19.5. The molecule has 4 rings (SSSR count). The Kier molecular flexibility index (Phi) is 5.14. The molecular weight excluding hydrogens is 378 g/mol. The third-order valence-electron chi connectivity index (χ3n) is 4.76. The summed E-state index contributed by atoms with van der Waals surface area (Å²) in [5.41, 5.74) is 3.59. The maximum absolute atomic E-state index is 12.7. The Hall–Kier alpha value is -3.81. The van der Waals surface area contributed by atoms with Crippen LogP contribution >= 0.6 is 0 Å². The molecule has 2 aromatic carbocycles. The summed E-state index contributed by atoms with van der Waals surface area (Å²) in [5, 5.41) is 14.3. The van der Waals surface area contributed by atoms with Crippen LogP contribution in [0.1, 0.15) is 47.6 Å². The molecule has 2 aromatic heterocycles. The fraction of sp³-hybridized carbons (Fsp3) is 0.227. The Morgan fingerprint density at radius 3 is 2.43 bits per heavy atom. The molecule has 152 valence electrons. The molecule has 0 radical (unpaired) electrons. The third-order valence-corrected chi connectivity index (χ3v) is 4.76. The SMILES string of the molecule is Cc1nc(-c2ccc(NC(=O)c3nc(C)n(-c4ccccc4C(C)C)n3)cc2)n[nH]1. The highest BCUT2D eigenvalue weighted by Gasteiger charge is 2.18. The summed E-state index contributed by atoms with van der Waals surface area (Å²) in [6, 6.07) is 15.3. The molecule has 0 atom stereocenters. The Bertz CT molecular complexity index is 1190. The van der Waals surface area contributed by atoms with E-state index < -0.39 is 0 Å². The highest BCUT2D eigenvalue weighted by atomic mass is 16.2. The van der Waals surface area contributed by atoms with Crippen molar-refractivity contribution in [3.63, 3.8) is 0 Å². The summed E-state index contributed by atoms with van der Waals surface area (Å²) in [5.74, 6) is 2.11. The van der Waals surface area contributed by atoms with Crippen molar-refractivity contribution in [3.05, 3.63) is 71.6 Å². The second-order valence-corrected chi connectivity index (χ2v) is 7.38. The van der Waals surface area contributed by atoms with Crippen LogP contribution in [-0.2, 0) is 0 Å². The lowest BCUT2D eigenvalue weighted by Crippen LogP contribution is -2.14. The minimum absolute atomic E-state index is 0.125. The van der Waals surface area contributed by atoms with Gasteiger partial charge in [-0.25, -0.2) is 14.6 Å². The van der Waals surface area contributed by atoms with Gasteiger partial charge in [0.2, 0.25) is 5.82 Å². The van der Waals surface area contributed by atoms with E-state index in [-0.39, 0.29) is 11.7 Å². The second kappa shape index (κ2) is 7.90. The quantitative estimate of drug-likeness (QED) is 0.525. The molecule has 0 saturated carbocycles. The number of aromatic nitrogens is 6. The van der Waals surface area contributed by atoms with Crippen molar-refractivity contribution < 1.29 is 4.79 Å². The molecule has 0 unspecified atom stereocenters. The molecular formula is C22H23N7O. The van der Waals surface area contributed by atoms with Gasteiger partial charge in [-0.1, -0.05) is 32.0 Å². The van der Waals surface area contributed by atoms with Crippen molar-refractivity contribution in [3.8, 4) is 17.1 Å². The molecule has 0 fully saturated rings. The number of para-hydroxylation sites is 1. The first-order valence-corrected chi connectivity index (χ1v) is 9.76. The molecule has 0 aliphatic rings. The first-order valence-electron chi connectivity index (χ1n) is 9.76. The number of benzene rings is 2. The van der Waals surface area contributed by atoms with Crippen LogP contribution in [0, 0.1) is 13.8 Å². The van der Waals surface area contributed by atoms with E-state index in [2.05, 4.69) is 50.5 Å². The number of carbonyl (C=O) groups excluding carboxylic acids is 1. The highest BCUT2D eigenvalue weighted by Crippen LogP contribution is 2.23. The Morgan fingerprint density at radius 1 is 1.03 bits per heavy atom. The molecule has 30 heavy (non-hydrogen) atoms. The van der Waals surface area contributed by atoms with Crippen LogP contribution in [0.25, 0.3) is 17.1 Å². The van der Waals surface area contributed by atoms with Crippen LogP contribution in [0.4, 0.5) is 5.69 Å². The van der Waals surface area contributed by atoms with Crippen LogP contribution in [0.2, 0.25) is 0 Å². The van der Waals surface area contributed by atoms with Crippen molar-refractivity contribution in [2.45, 2.75) is 33.6 Å². The monoisotopic (exact) mass is 401 g/mol. The largest absolute Gasteiger partial charge is 0.319 e. The predicted molar refractivity (Wildman–Crippen MR) is 115 cm³/mol. The summed E-state index contributed by atoms with van der Waals surface area (Å²) in [4.78, 5) is 21.4. The number of hydrogen-bond acceptors (Lipinski definition) is 5. The van der Waals surface area contributed by atoms with E-state index >= 15 is 0 Å². The maximum atomic E-state index is 12.7. The zero-order valence-electron chi connectivity index (χ0n) is 17.3. The summed E-state index contributed by atoms with van der Waals surface area (Å²) < 4.78 is 1.72. The molecule has 2 N–H and O–H groups in total. The smallest absolute Gasteiger partial charge is 0.295 e. The van der Waals surface area contributed by atoms with Gasteiger partial charge in [0, 0.05) is 11.3 Å². The molecule has 0 aliphatic carbocycles. The number of anilines is 1. The second-order valence-electron chi connectivity index (χ2n) is 7.38. The van der Waals surface area contributed by atoms with E-state index in [1.54, 1.807) is 16.8 Å². The lowest BCUT2D eigenvalue weighted by molar-refractivity contribution is 0.101. The Morgan fingerprint density at radius 2 is 1.77 bits per heavy atom. The van der Waals surface area contributed by atoms with Gasteiger partial charge in [0.15, 0.2) is 5.82 Å². The highest BCUT2D eigenvalue weighted by molar-refractivity contribution is 6.01. The van der Waals surface area contributed by atoms with E-state index in [1.807, 2.05) is 44.2 Å². The normalized spacial score (nSPS) is 11.1. The van der Waals surface area contributed by atoms with Gasteiger partial charge in [-0.2, -0.15) is 5.10 Å². The van der Waals surface area contributed by atoms with E-state index in [9.17, 15) is 4.79 Å². The first-order chi connectivity index (χ1) is 14.4. The summed E-state index contributed by atoms with van der Waals surface area (Å²) in [6.45, 7) is 7.94. The number of carbonyl (C=O) groups is 1. The number of nitrogens with one attached hydrogen (secondary N) is 2. The van der Waals surface area contributed by atoms with Crippen molar-refractivity contribution in [2.24, 2.45) is 0 Å². The summed E-state index contributed by atoms with van der Waals surface area (Å²) >= 11 is 0. The predicted octanol–water partition coefficient (Wildman–Crippen LogP) is 4.04. The number of amides is 1. The third kappa shape index (κ3) is 3.84. The zero-order chi connectivity index (χ0) is 21.3. The fourth-order valence-electron chi connectivity index (χ4n) is 3.24. The van der Waals surface area contributed by atoms with Gasteiger partial charge in [0.05, 0.1) is 5.69 Å². The van der Waals surface area contributed by atoms with Crippen LogP contribution in [0.5, 0.6) is 0 Å². The van der Waals surface area contributed by atoms with Crippen LogP contribution in [-0.4, -0.2) is 35.9 Å². The van der Waals surface area contributed by atoms with Crippen molar-refractivity contribution in [2.75, 3.05) is 5.32 Å². The fourth-order valence-corrected chi connectivity index (χ4v) is 3.24. The minimum Gasteiger partial charge on any atom is -0.319 e. The van der Waals surface area contributed by atoms with E-state index in [0.29, 0.717) is 23.3 Å². The van der Waals surface area contributed by atoms with Gasteiger partial charge < -0.3 is 5.32 Å². The number of hydrogen-bond donors (Lipinski definition) is 2. The van der Waals surface area contributed by atoms with E-state index in [4.69, 9.17) is 0 Å². The van der Waals surface area contributed by atoms with Gasteiger partial charge >= 0.3 is 0 Å². The Balaban J connectivity index is 1.54. The maximum Gasteiger partial charge on any atom is 0.295 e. The molecule has 1 amide bonds. The number of aromatic amines is 1. The Labute approximate surface area is 174 Å². The molecule has 0 saturated heterocycles. The van der Waals surface area contributed by atoms with E-state index in [1.165, 1.54) is 0 Å². The van der Waals surface area contributed by atoms with Gasteiger partial charge in [-0.05, 0) is 55.7 Å². The van der Waals surface area contributed by atoms with E-state index in [0.717, 1.165) is 22.6 Å². The van der Waals surface area contributed by atoms with Gasteiger partial charge in [0.1, 0.15) is 11.6 Å².